The van der Waals surface area contributed by atoms with E-state index in [9.17, 15) is 4.79 Å². The van der Waals surface area contributed by atoms with Crippen molar-refractivity contribution in [1.29, 1.82) is 0 Å². The van der Waals surface area contributed by atoms with Gasteiger partial charge in [-0.05, 0) is 57.5 Å². The molecule has 1 unspecified atom stereocenters. The van der Waals surface area contributed by atoms with Crippen LogP contribution in [0.25, 0.3) is 0 Å². The van der Waals surface area contributed by atoms with Crippen molar-refractivity contribution < 1.29 is 4.79 Å². The average Bonchev–Trinajstić information content (AvgIpc) is 3.31. The zero-order valence-electron chi connectivity index (χ0n) is 16.6. The first-order chi connectivity index (χ1) is 12.0. The molecular formula is C20H38N4O. The van der Waals surface area contributed by atoms with Crippen LogP contribution in [0.3, 0.4) is 0 Å². The van der Waals surface area contributed by atoms with Gasteiger partial charge in [-0.15, -0.1) is 0 Å². The van der Waals surface area contributed by atoms with Crippen LogP contribution in [-0.4, -0.2) is 85.6 Å². The Bertz CT molecular complexity index is 437. The molecule has 0 radical (unpaired) electrons. The zero-order chi connectivity index (χ0) is 17.9. The molecule has 2 saturated heterocycles. The molecule has 3 rings (SSSR count). The lowest BCUT2D eigenvalue weighted by Crippen LogP contribution is -2.50. The van der Waals surface area contributed by atoms with E-state index in [1.165, 1.54) is 71.6 Å². The molecule has 2 aliphatic heterocycles. The highest BCUT2D eigenvalue weighted by Crippen LogP contribution is 2.58. The minimum absolute atomic E-state index is 0.206. The maximum Gasteiger partial charge on any atom is 0.219 e. The van der Waals surface area contributed by atoms with Crippen molar-refractivity contribution in [1.82, 2.24) is 20.0 Å². The van der Waals surface area contributed by atoms with Crippen LogP contribution in [-0.2, 0) is 4.79 Å². The fourth-order valence-electron chi connectivity index (χ4n) is 4.70. The summed E-state index contributed by atoms with van der Waals surface area (Å²) in [6.07, 6.45) is 4.61. The molecule has 3 aliphatic rings. The van der Waals surface area contributed by atoms with E-state index in [1.54, 1.807) is 0 Å². The summed E-state index contributed by atoms with van der Waals surface area (Å²) in [7, 11) is 0. The molecule has 1 N–H and O–H groups in total. The summed E-state index contributed by atoms with van der Waals surface area (Å²) in [6, 6.07) is 0.689. The van der Waals surface area contributed by atoms with Crippen molar-refractivity contribution in [2.24, 2.45) is 11.3 Å². The van der Waals surface area contributed by atoms with Crippen LogP contribution in [0, 0.1) is 11.3 Å². The van der Waals surface area contributed by atoms with Crippen LogP contribution in [0.2, 0.25) is 0 Å². The fraction of sp³-hybridized carbons (Fsp3) is 0.950. The first kappa shape index (κ1) is 19.1. The standard InChI is InChI=1S/C20H38N4O/c1-4-19(25)21-16-18-15-20(18)5-7-22(8-6-20)9-10-23-11-13-24(14-12-23)17(2)3/h17-18H,4-16H2,1-3H3,(H,21,25). The molecule has 0 aromatic rings. The number of nitrogens with one attached hydrogen (secondary N) is 1. The van der Waals surface area contributed by atoms with Crippen molar-refractivity contribution in [3.63, 3.8) is 0 Å². The maximum atomic E-state index is 11.4. The second kappa shape index (κ2) is 8.36. The van der Waals surface area contributed by atoms with Gasteiger partial charge in [0.15, 0.2) is 0 Å². The lowest BCUT2D eigenvalue weighted by atomic mass is 9.91. The van der Waals surface area contributed by atoms with Gasteiger partial charge in [-0.2, -0.15) is 0 Å². The second-order valence-electron chi connectivity index (χ2n) is 8.73. The van der Waals surface area contributed by atoms with Crippen LogP contribution in [0.1, 0.15) is 46.5 Å². The Morgan fingerprint density at radius 2 is 1.64 bits per heavy atom. The van der Waals surface area contributed by atoms with Gasteiger partial charge >= 0.3 is 0 Å². The van der Waals surface area contributed by atoms with Gasteiger partial charge in [-0.3, -0.25) is 14.6 Å². The van der Waals surface area contributed by atoms with E-state index in [0.29, 0.717) is 17.9 Å². The van der Waals surface area contributed by atoms with E-state index < -0.39 is 0 Å². The Kier molecular flexibility index (Phi) is 6.39. The van der Waals surface area contributed by atoms with Gasteiger partial charge in [-0.1, -0.05) is 6.92 Å². The molecule has 0 aromatic carbocycles. The van der Waals surface area contributed by atoms with Crippen molar-refractivity contribution >= 4 is 5.91 Å². The van der Waals surface area contributed by atoms with Gasteiger partial charge < -0.3 is 10.2 Å². The number of carbonyl (C=O) groups is 1. The molecule has 5 heteroatoms. The van der Waals surface area contributed by atoms with Crippen LogP contribution in [0.15, 0.2) is 0 Å². The van der Waals surface area contributed by atoms with Crippen molar-refractivity contribution in [2.75, 3.05) is 58.9 Å². The Morgan fingerprint density at radius 1 is 1.04 bits per heavy atom. The molecule has 3 fully saturated rings. The number of carbonyl (C=O) groups excluding carboxylic acids is 1. The number of amides is 1. The minimum atomic E-state index is 0.206. The third kappa shape index (κ3) is 4.95. The summed E-state index contributed by atoms with van der Waals surface area (Å²) < 4.78 is 0. The molecule has 1 atom stereocenters. The van der Waals surface area contributed by atoms with E-state index in [-0.39, 0.29) is 5.91 Å². The van der Waals surface area contributed by atoms with Gasteiger partial charge in [0.2, 0.25) is 5.91 Å². The molecule has 2 heterocycles. The van der Waals surface area contributed by atoms with E-state index in [2.05, 4.69) is 33.9 Å². The summed E-state index contributed by atoms with van der Waals surface area (Å²) in [4.78, 5) is 19.3. The highest BCUT2D eigenvalue weighted by molar-refractivity contribution is 5.75. The van der Waals surface area contributed by atoms with Crippen molar-refractivity contribution in [3.05, 3.63) is 0 Å². The van der Waals surface area contributed by atoms with E-state index in [4.69, 9.17) is 0 Å². The number of rotatable bonds is 7. The monoisotopic (exact) mass is 350 g/mol. The predicted octanol–water partition coefficient (Wildman–Crippen LogP) is 1.64. The molecule has 0 aromatic heterocycles. The summed E-state index contributed by atoms with van der Waals surface area (Å²) in [5.74, 6) is 0.950. The number of piperidine rings is 1. The van der Waals surface area contributed by atoms with Crippen molar-refractivity contribution in [3.8, 4) is 0 Å². The molecule has 1 spiro atoms. The summed E-state index contributed by atoms with van der Waals surface area (Å²) >= 11 is 0. The third-order valence-electron chi connectivity index (χ3n) is 6.95. The van der Waals surface area contributed by atoms with Crippen LogP contribution in [0.4, 0.5) is 0 Å². The molecule has 144 valence electrons. The van der Waals surface area contributed by atoms with Gasteiger partial charge in [0.1, 0.15) is 0 Å². The van der Waals surface area contributed by atoms with E-state index >= 15 is 0 Å². The highest BCUT2D eigenvalue weighted by atomic mass is 16.1. The molecule has 1 amide bonds. The predicted molar refractivity (Wildman–Crippen MR) is 103 cm³/mol. The molecule has 0 bridgehead atoms. The molecule has 5 nitrogen and oxygen atoms in total. The molecule has 25 heavy (non-hydrogen) atoms. The average molecular weight is 351 g/mol. The van der Waals surface area contributed by atoms with Gasteiger partial charge in [-0.25, -0.2) is 0 Å². The Morgan fingerprint density at radius 3 is 2.20 bits per heavy atom. The first-order valence-electron chi connectivity index (χ1n) is 10.5. The molecule has 1 saturated carbocycles. The Hall–Kier alpha value is -0.650. The van der Waals surface area contributed by atoms with Crippen LogP contribution in [0.5, 0.6) is 0 Å². The van der Waals surface area contributed by atoms with E-state index in [1.807, 2.05) is 6.92 Å². The van der Waals surface area contributed by atoms with Crippen LogP contribution >= 0.6 is 0 Å². The fourth-order valence-corrected chi connectivity index (χ4v) is 4.70. The smallest absolute Gasteiger partial charge is 0.219 e. The van der Waals surface area contributed by atoms with Crippen LogP contribution < -0.4 is 5.32 Å². The number of hydrogen-bond acceptors (Lipinski definition) is 4. The Balaban J connectivity index is 1.30. The van der Waals surface area contributed by atoms with Gasteiger partial charge in [0.05, 0.1) is 0 Å². The largest absolute Gasteiger partial charge is 0.356 e. The normalized spacial score (nSPS) is 27.8. The number of likely N-dealkylation sites (tertiary alicyclic amines) is 1. The SMILES string of the molecule is CCC(=O)NCC1CC12CCN(CCN1CCN(C(C)C)CC1)CC2. The quantitative estimate of drug-likeness (QED) is 0.758. The van der Waals surface area contributed by atoms with Crippen molar-refractivity contribution in [2.45, 2.75) is 52.5 Å². The summed E-state index contributed by atoms with van der Waals surface area (Å²) in [5, 5.41) is 3.09. The number of nitrogens with zero attached hydrogens (tertiary/aromatic N) is 3. The first-order valence-corrected chi connectivity index (χ1v) is 10.5. The van der Waals surface area contributed by atoms with Gasteiger partial charge in [0, 0.05) is 58.3 Å². The topological polar surface area (TPSA) is 38.8 Å². The minimum Gasteiger partial charge on any atom is -0.356 e. The zero-order valence-corrected chi connectivity index (χ0v) is 16.6. The third-order valence-corrected chi connectivity index (χ3v) is 6.95. The lowest BCUT2D eigenvalue weighted by molar-refractivity contribution is -0.120. The Labute approximate surface area is 154 Å². The maximum absolute atomic E-state index is 11.4. The summed E-state index contributed by atoms with van der Waals surface area (Å²) in [5.41, 5.74) is 0.570. The van der Waals surface area contributed by atoms with E-state index in [0.717, 1.165) is 12.5 Å². The second-order valence-corrected chi connectivity index (χ2v) is 8.73. The lowest BCUT2D eigenvalue weighted by Gasteiger charge is -2.39. The molecular weight excluding hydrogens is 312 g/mol. The molecule has 1 aliphatic carbocycles. The summed E-state index contributed by atoms with van der Waals surface area (Å²) in [6.45, 7) is 17.3. The number of piperazine rings is 1. The van der Waals surface area contributed by atoms with Gasteiger partial charge in [0.25, 0.3) is 0 Å². The highest BCUT2D eigenvalue weighted by Gasteiger charge is 2.54. The number of hydrogen-bond donors (Lipinski definition) is 1.